The first-order valence-electron chi connectivity index (χ1n) is 6.05. The molecule has 3 aromatic rings. The van der Waals surface area contributed by atoms with Gasteiger partial charge in [-0.15, -0.1) is 0 Å². The number of carbonyl (C=O) groups is 1. The van der Waals surface area contributed by atoms with E-state index in [2.05, 4.69) is 27.6 Å². The number of nitrogens with zero attached hydrogens (tertiary/aromatic N) is 1. The standard InChI is InChI=1S/C15H13N3O/c1-10(19)16-15-13-8-7-12(9-14(13)17-18-15)11-5-3-2-4-6-11/h2-9H,1H3,(H2,16,17,18,19). The number of fused-ring (bicyclic) bond motifs is 1. The van der Waals surface area contributed by atoms with Crippen LogP contribution in [0.4, 0.5) is 5.82 Å². The minimum Gasteiger partial charge on any atom is -0.309 e. The fourth-order valence-electron chi connectivity index (χ4n) is 2.09. The number of hydrogen-bond donors (Lipinski definition) is 2. The maximum absolute atomic E-state index is 11.1. The number of benzene rings is 2. The smallest absolute Gasteiger partial charge is 0.222 e. The molecular formula is C15H13N3O. The summed E-state index contributed by atoms with van der Waals surface area (Å²) in [6.07, 6.45) is 0. The number of aromatic nitrogens is 2. The quantitative estimate of drug-likeness (QED) is 0.734. The van der Waals surface area contributed by atoms with Crippen LogP contribution in [0.3, 0.4) is 0 Å². The highest BCUT2D eigenvalue weighted by molar-refractivity contribution is 5.99. The zero-order valence-electron chi connectivity index (χ0n) is 10.5. The van der Waals surface area contributed by atoms with Crippen molar-refractivity contribution in [3.05, 3.63) is 48.5 Å². The molecule has 1 amide bonds. The van der Waals surface area contributed by atoms with Crippen LogP contribution in [0.1, 0.15) is 6.92 Å². The first-order valence-corrected chi connectivity index (χ1v) is 6.05. The molecule has 0 saturated heterocycles. The maximum atomic E-state index is 11.1. The van der Waals surface area contributed by atoms with E-state index < -0.39 is 0 Å². The van der Waals surface area contributed by atoms with E-state index in [0.717, 1.165) is 22.0 Å². The molecule has 0 saturated carbocycles. The first-order chi connectivity index (χ1) is 9.24. The first kappa shape index (κ1) is 11.5. The third kappa shape index (κ3) is 2.20. The van der Waals surface area contributed by atoms with Crippen LogP contribution in [-0.4, -0.2) is 16.1 Å². The normalized spacial score (nSPS) is 10.6. The van der Waals surface area contributed by atoms with E-state index in [1.54, 1.807) is 0 Å². The highest BCUT2D eigenvalue weighted by Crippen LogP contribution is 2.26. The molecule has 2 aromatic carbocycles. The van der Waals surface area contributed by atoms with Crippen LogP contribution in [0.15, 0.2) is 48.5 Å². The van der Waals surface area contributed by atoms with Crippen LogP contribution in [0.5, 0.6) is 0 Å². The van der Waals surface area contributed by atoms with Gasteiger partial charge in [-0.2, -0.15) is 5.10 Å². The third-order valence-electron chi connectivity index (χ3n) is 2.96. The summed E-state index contributed by atoms with van der Waals surface area (Å²) >= 11 is 0. The molecule has 0 radical (unpaired) electrons. The maximum Gasteiger partial charge on any atom is 0.222 e. The zero-order chi connectivity index (χ0) is 13.2. The summed E-state index contributed by atoms with van der Waals surface area (Å²) in [4.78, 5) is 11.1. The van der Waals surface area contributed by atoms with Crippen molar-refractivity contribution in [1.82, 2.24) is 10.2 Å². The number of anilines is 1. The molecular weight excluding hydrogens is 238 g/mol. The van der Waals surface area contributed by atoms with Gasteiger partial charge >= 0.3 is 0 Å². The van der Waals surface area contributed by atoms with E-state index in [1.807, 2.05) is 36.4 Å². The lowest BCUT2D eigenvalue weighted by Crippen LogP contribution is -2.06. The summed E-state index contributed by atoms with van der Waals surface area (Å²) in [5, 5.41) is 10.7. The van der Waals surface area contributed by atoms with Crippen molar-refractivity contribution in [2.45, 2.75) is 6.92 Å². The van der Waals surface area contributed by atoms with Gasteiger partial charge in [-0.3, -0.25) is 9.89 Å². The van der Waals surface area contributed by atoms with Gasteiger partial charge in [-0.05, 0) is 23.3 Å². The zero-order valence-corrected chi connectivity index (χ0v) is 10.5. The van der Waals surface area contributed by atoms with Crippen LogP contribution in [0.2, 0.25) is 0 Å². The Kier molecular flexibility index (Phi) is 2.76. The largest absolute Gasteiger partial charge is 0.309 e. The molecule has 1 aromatic heterocycles. The highest BCUT2D eigenvalue weighted by atomic mass is 16.1. The van der Waals surface area contributed by atoms with Gasteiger partial charge in [0, 0.05) is 12.3 Å². The van der Waals surface area contributed by atoms with Crippen LogP contribution < -0.4 is 5.32 Å². The Morgan fingerprint density at radius 1 is 1.11 bits per heavy atom. The minimum absolute atomic E-state index is 0.125. The molecule has 0 aliphatic heterocycles. The molecule has 1 heterocycles. The van der Waals surface area contributed by atoms with Gasteiger partial charge in [0.25, 0.3) is 0 Å². The van der Waals surface area contributed by atoms with Crippen molar-refractivity contribution in [1.29, 1.82) is 0 Å². The Balaban J connectivity index is 2.06. The summed E-state index contributed by atoms with van der Waals surface area (Å²) < 4.78 is 0. The highest BCUT2D eigenvalue weighted by Gasteiger charge is 2.07. The van der Waals surface area contributed by atoms with Crippen LogP contribution >= 0.6 is 0 Å². The second-order valence-corrected chi connectivity index (χ2v) is 4.38. The lowest BCUT2D eigenvalue weighted by atomic mass is 10.0. The number of carbonyl (C=O) groups excluding carboxylic acids is 1. The average molecular weight is 251 g/mol. The van der Waals surface area contributed by atoms with Gasteiger partial charge < -0.3 is 5.32 Å². The van der Waals surface area contributed by atoms with Crippen molar-refractivity contribution in [3.63, 3.8) is 0 Å². The van der Waals surface area contributed by atoms with Gasteiger partial charge in [0.05, 0.1) is 5.52 Å². The van der Waals surface area contributed by atoms with E-state index >= 15 is 0 Å². The fraction of sp³-hybridized carbons (Fsp3) is 0.0667. The van der Waals surface area contributed by atoms with Crippen LogP contribution in [-0.2, 0) is 4.79 Å². The molecule has 4 heteroatoms. The van der Waals surface area contributed by atoms with Gasteiger partial charge in [-0.1, -0.05) is 36.4 Å². The number of aromatic amines is 1. The van der Waals surface area contributed by atoms with Crippen molar-refractivity contribution in [3.8, 4) is 11.1 Å². The number of H-pyrrole nitrogens is 1. The predicted molar refractivity (Wildman–Crippen MR) is 75.8 cm³/mol. The molecule has 0 bridgehead atoms. The summed E-state index contributed by atoms with van der Waals surface area (Å²) in [5.74, 6) is 0.447. The van der Waals surface area contributed by atoms with E-state index in [9.17, 15) is 4.79 Å². The van der Waals surface area contributed by atoms with E-state index in [-0.39, 0.29) is 5.91 Å². The molecule has 2 N–H and O–H groups in total. The molecule has 3 rings (SSSR count). The van der Waals surface area contributed by atoms with Crippen LogP contribution in [0.25, 0.3) is 22.0 Å². The fourth-order valence-corrected chi connectivity index (χ4v) is 2.09. The Morgan fingerprint density at radius 3 is 2.63 bits per heavy atom. The summed E-state index contributed by atoms with van der Waals surface area (Å²) in [7, 11) is 0. The SMILES string of the molecule is CC(=O)Nc1n[nH]c2cc(-c3ccccc3)ccc12. The summed E-state index contributed by atoms with van der Waals surface area (Å²) in [6, 6.07) is 16.2. The van der Waals surface area contributed by atoms with Gasteiger partial charge in [0.15, 0.2) is 5.82 Å². The number of nitrogens with one attached hydrogen (secondary N) is 2. The molecule has 0 aliphatic rings. The lowest BCUT2D eigenvalue weighted by Gasteiger charge is -2.02. The Hall–Kier alpha value is -2.62. The van der Waals surface area contributed by atoms with Crippen molar-refractivity contribution in [2.75, 3.05) is 5.32 Å². The molecule has 0 fully saturated rings. The Bertz CT molecular complexity index is 731. The third-order valence-corrected chi connectivity index (χ3v) is 2.96. The monoisotopic (exact) mass is 251 g/mol. The van der Waals surface area contributed by atoms with Crippen LogP contribution in [0, 0.1) is 0 Å². The van der Waals surface area contributed by atoms with Crippen molar-refractivity contribution in [2.24, 2.45) is 0 Å². The molecule has 0 unspecified atom stereocenters. The Labute approximate surface area is 110 Å². The van der Waals surface area contributed by atoms with E-state index in [4.69, 9.17) is 0 Å². The van der Waals surface area contributed by atoms with Gasteiger partial charge in [-0.25, -0.2) is 0 Å². The molecule has 0 aliphatic carbocycles. The number of hydrogen-bond acceptors (Lipinski definition) is 2. The Morgan fingerprint density at radius 2 is 1.89 bits per heavy atom. The molecule has 0 atom stereocenters. The van der Waals surface area contributed by atoms with Crippen molar-refractivity contribution < 1.29 is 4.79 Å². The topological polar surface area (TPSA) is 57.8 Å². The average Bonchev–Trinajstić information content (AvgIpc) is 2.81. The van der Waals surface area contributed by atoms with E-state index in [1.165, 1.54) is 6.92 Å². The lowest BCUT2D eigenvalue weighted by molar-refractivity contribution is -0.114. The second-order valence-electron chi connectivity index (χ2n) is 4.38. The van der Waals surface area contributed by atoms with Gasteiger partial charge in [0.1, 0.15) is 0 Å². The second kappa shape index (κ2) is 4.57. The predicted octanol–water partition coefficient (Wildman–Crippen LogP) is 3.19. The number of rotatable bonds is 2. The molecule has 19 heavy (non-hydrogen) atoms. The van der Waals surface area contributed by atoms with Gasteiger partial charge in [0.2, 0.25) is 5.91 Å². The van der Waals surface area contributed by atoms with E-state index in [0.29, 0.717) is 5.82 Å². The summed E-state index contributed by atoms with van der Waals surface area (Å²) in [6.45, 7) is 1.47. The molecule has 0 spiro atoms. The number of amides is 1. The minimum atomic E-state index is -0.125. The molecule has 94 valence electrons. The summed E-state index contributed by atoms with van der Waals surface area (Å²) in [5.41, 5.74) is 3.18. The molecule has 4 nitrogen and oxygen atoms in total. The van der Waals surface area contributed by atoms with Crippen molar-refractivity contribution >= 4 is 22.6 Å².